The predicted octanol–water partition coefficient (Wildman–Crippen LogP) is 2.86. The Hall–Kier alpha value is -1.62. The van der Waals surface area contributed by atoms with Gasteiger partial charge in [0.05, 0.1) is 0 Å². The van der Waals surface area contributed by atoms with Crippen LogP contribution in [0.2, 0.25) is 0 Å². The van der Waals surface area contributed by atoms with Gasteiger partial charge in [0.1, 0.15) is 22.6 Å². The van der Waals surface area contributed by atoms with Crippen LogP contribution in [0.5, 0.6) is 5.75 Å². The highest BCUT2D eigenvalue weighted by atomic mass is 79.9. The molecule has 0 aliphatic rings. The third-order valence-corrected chi connectivity index (χ3v) is 2.92. The van der Waals surface area contributed by atoms with Crippen molar-refractivity contribution in [1.29, 1.82) is 0 Å². The third kappa shape index (κ3) is 2.94. The lowest BCUT2D eigenvalue weighted by Gasteiger charge is -2.07. The second-order valence-electron chi connectivity index (χ2n) is 3.40. The first-order valence-corrected chi connectivity index (χ1v) is 5.70. The standard InChI is InChI=1S/C12H9BrFNO2/c13-11-10(5-6-15-12(11)16)17-7-8-1-3-9(14)4-2-8/h1-6H,7H2,(H,15,16). The van der Waals surface area contributed by atoms with Crippen molar-refractivity contribution in [2.75, 3.05) is 0 Å². The topological polar surface area (TPSA) is 42.1 Å². The molecule has 0 fully saturated rings. The molecule has 1 aromatic carbocycles. The molecule has 0 saturated heterocycles. The number of aromatic amines is 1. The van der Waals surface area contributed by atoms with Gasteiger partial charge in [0.25, 0.3) is 5.56 Å². The van der Waals surface area contributed by atoms with E-state index in [0.717, 1.165) is 5.56 Å². The first kappa shape index (κ1) is 11.9. The van der Waals surface area contributed by atoms with Gasteiger partial charge in [-0.15, -0.1) is 0 Å². The zero-order valence-electron chi connectivity index (χ0n) is 8.74. The summed E-state index contributed by atoms with van der Waals surface area (Å²) in [4.78, 5) is 13.8. The largest absolute Gasteiger partial charge is 0.487 e. The predicted molar refractivity (Wildman–Crippen MR) is 65.5 cm³/mol. The molecule has 3 nitrogen and oxygen atoms in total. The van der Waals surface area contributed by atoms with Gasteiger partial charge in [-0.3, -0.25) is 4.79 Å². The fourth-order valence-electron chi connectivity index (χ4n) is 1.29. The van der Waals surface area contributed by atoms with E-state index in [1.807, 2.05) is 0 Å². The van der Waals surface area contributed by atoms with E-state index in [9.17, 15) is 9.18 Å². The molecule has 2 aromatic rings. The van der Waals surface area contributed by atoms with Crippen molar-refractivity contribution in [2.45, 2.75) is 6.61 Å². The number of hydrogen-bond acceptors (Lipinski definition) is 2. The molecule has 0 amide bonds. The second kappa shape index (κ2) is 5.14. The van der Waals surface area contributed by atoms with E-state index in [4.69, 9.17) is 4.74 Å². The van der Waals surface area contributed by atoms with Gasteiger partial charge in [-0.05, 0) is 39.7 Å². The zero-order chi connectivity index (χ0) is 12.3. The summed E-state index contributed by atoms with van der Waals surface area (Å²) in [7, 11) is 0. The molecule has 0 spiro atoms. The van der Waals surface area contributed by atoms with E-state index < -0.39 is 0 Å². The number of halogens is 2. The van der Waals surface area contributed by atoms with E-state index in [1.165, 1.54) is 18.3 Å². The smallest absolute Gasteiger partial charge is 0.266 e. The lowest BCUT2D eigenvalue weighted by atomic mass is 10.2. The molecule has 1 heterocycles. The Balaban J connectivity index is 2.10. The lowest BCUT2D eigenvalue weighted by molar-refractivity contribution is 0.303. The molecule has 0 bridgehead atoms. The molecule has 0 saturated carbocycles. The molecule has 0 aliphatic heterocycles. The molecule has 2 rings (SSSR count). The monoisotopic (exact) mass is 297 g/mol. The second-order valence-corrected chi connectivity index (χ2v) is 4.19. The summed E-state index contributed by atoms with van der Waals surface area (Å²) >= 11 is 3.14. The van der Waals surface area contributed by atoms with Crippen molar-refractivity contribution in [3.63, 3.8) is 0 Å². The average molecular weight is 298 g/mol. The number of H-pyrrole nitrogens is 1. The highest BCUT2D eigenvalue weighted by Gasteiger charge is 2.04. The van der Waals surface area contributed by atoms with Gasteiger partial charge < -0.3 is 9.72 Å². The molecule has 17 heavy (non-hydrogen) atoms. The van der Waals surface area contributed by atoms with E-state index in [2.05, 4.69) is 20.9 Å². The fourth-order valence-corrected chi connectivity index (χ4v) is 1.66. The first-order valence-electron chi connectivity index (χ1n) is 4.91. The Morgan fingerprint density at radius 2 is 1.94 bits per heavy atom. The van der Waals surface area contributed by atoms with Crippen molar-refractivity contribution in [1.82, 2.24) is 4.98 Å². The van der Waals surface area contributed by atoms with Crippen LogP contribution in [0, 0.1) is 5.82 Å². The van der Waals surface area contributed by atoms with Crippen molar-refractivity contribution in [3.8, 4) is 5.75 Å². The number of rotatable bonds is 3. The van der Waals surface area contributed by atoms with Crippen LogP contribution in [-0.2, 0) is 6.61 Å². The Bertz CT molecular complexity index is 565. The van der Waals surface area contributed by atoms with Crippen LogP contribution < -0.4 is 10.3 Å². The Morgan fingerprint density at radius 3 is 2.65 bits per heavy atom. The van der Waals surface area contributed by atoms with Crippen molar-refractivity contribution >= 4 is 15.9 Å². The molecular formula is C12H9BrFNO2. The Labute approximate surface area is 105 Å². The summed E-state index contributed by atoms with van der Waals surface area (Å²) < 4.78 is 18.5. The number of aromatic nitrogens is 1. The third-order valence-electron chi connectivity index (χ3n) is 2.17. The summed E-state index contributed by atoms with van der Waals surface area (Å²) in [6, 6.07) is 7.65. The van der Waals surface area contributed by atoms with Crippen LogP contribution in [-0.4, -0.2) is 4.98 Å². The number of benzene rings is 1. The SMILES string of the molecule is O=c1[nH]ccc(OCc2ccc(F)cc2)c1Br. The fraction of sp³-hybridized carbons (Fsp3) is 0.0833. The average Bonchev–Trinajstić information content (AvgIpc) is 2.33. The maximum atomic E-state index is 12.7. The lowest BCUT2D eigenvalue weighted by Crippen LogP contribution is -2.07. The minimum Gasteiger partial charge on any atom is -0.487 e. The maximum Gasteiger partial charge on any atom is 0.266 e. The minimum absolute atomic E-state index is 0.249. The van der Waals surface area contributed by atoms with Crippen molar-refractivity contribution < 1.29 is 9.13 Å². The van der Waals surface area contributed by atoms with Gasteiger partial charge in [-0.2, -0.15) is 0 Å². The quantitative estimate of drug-likeness (QED) is 0.946. The first-order chi connectivity index (χ1) is 8.16. The number of hydrogen-bond donors (Lipinski definition) is 1. The molecule has 1 aromatic heterocycles. The van der Waals surface area contributed by atoms with Crippen molar-refractivity contribution in [3.05, 3.63) is 62.7 Å². The van der Waals surface area contributed by atoms with Gasteiger partial charge in [0.2, 0.25) is 0 Å². The van der Waals surface area contributed by atoms with Gasteiger partial charge in [0.15, 0.2) is 0 Å². The van der Waals surface area contributed by atoms with E-state index >= 15 is 0 Å². The van der Waals surface area contributed by atoms with Crippen LogP contribution in [0.4, 0.5) is 4.39 Å². The highest BCUT2D eigenvalue weighted by Crippen LogP contribution is 2.20. The summed E-state index contributed by atoms with van der Waals surface area (Å²) in [6.07, 6.45) is 1.51. The minimum atomic E-state index is -0.286. The number of pyridine rings is 1. The van der Waals surface area contributed by atoms with Gasteiger partial charge in [-0.25, -0.2) is 4.39 Å². The summed E-state index contributed by atoms with van der Waals surface area (Å²) in [6.45, 7) is 0.280. The molecule has 88 valence electrons. The number of nitrogens with one attached hydrogen (secondary N) is 1. The van der Waals surface area contributed by atoms with Crippen LogP contribution in [0.1, 0.15) is 5.56 Å². The van der Waals surface area contributed by atoms with E-state index in [0.29, 0.717) is 10.2 Å². The van der Waals surface area contributed by atoms with E-state index in [-0.39, 0.29) is 18.0 Å². The molecule has 0 atom stereocenters. The van der Waals surface area contributed by atoms with E-state index in [1.54, 1.807) is 18.2 Å². The van der Waals surface area contributed by atoms with Gasteiger partial charge >= 0.3 is 0 Å². The van der Waals surface area contributed by atoms with Crippen molar-refractivity contribution in [2.24, 2.45) is 0 Å². The summed E-state index contributed by atoms with van der Waals surface area (Å²) in [5.41, 5.74) is 0.584. The molecular weight excluding hydrogens is 289 g/mol. The summed E-state index contributed by atoms with van der Waals surface area (Å²) in [5.74, 6) is 0.171. The van der Waals surface area contributed by atoms with Gasteiger partial charge in [0, 0.05) is 6.20 Å². The molecule has 0 aliphatic carbocycles. The van der Waals surface area contributed by atoms with Crippen LogP contribution in [0.25, 0.3) is 0 Å². The van der Waals surface area contributed by atoms with Crippen LogP contribution in [0.3, 0.4) is 0 Å². The number of ether oxygens (including phenoxy) is 1. The Kier molecular flexibility index (Phi) is 3.58. The van der Waals surface area contributed by atoms with Gasteiger partial charge in [-0.1, -0.05) is 12.1 Å². The normalized spacial score (nSPS) is 10.2. The molecule has 5 heteroatoms. The van der Waals surface area contributed by atoms with Crippen LogP contribution >= 0.6 is 15.9 Å². The summed E-state index contributed by atoms with van der Waals surface area (Å²) in [5, 5.41) is 0. The molecule has 0 radical (unpaired) electrons. The molecule has 1 N–H and O–H groups in total. The zero-order valence-corrected chi connectivity index (χ0v) is 10.3. The molecule has 0 unspecified atom stereocenters. The highest BCUT2D eigenvalue weighted by molar-refractivity contribution is 9.10. The van der Waals surface area contributed by atoms with Crippen LogP contribution in [0.15, 0.2) is 45.8 Å². The maximum absolute atomic E-state index is 12.7. The Morgan fingerprint density at radius 1 is 1.24 bits per heavy atom.